The zero-order valence-corrected chi connectivity index (χ0v) is 20.4. The van der Waals surface area contributed by atoms with Crippen molar-refractivity contribution in [2.24, 2.45) is 5.92 Å². The van der Waals surface area contributed by atoms with Crippen LogP contribution in [-0.4, -0.2) is 57.8 Å². The van der Waals surface area contributed by atoms with E-state index in [1.807, 2.05) is 50.2 Å². The zero-order valence-electron chi connectivity index (χ0n) is 19.6. The van der Waals surface area contributed by atoms with E-state index in [4.69, 9.17) is 4.74 Å². The lowest BCUT2D eigenvalue weighted by molar-refractivity contribution is -0.150. The average molecular weight is 483 g/mol. The second-order valence-electron chi connectivity index (χ2n) is 9.00. The van der Waals surface area contributed by atoms with E-state index in [1.165, 1.54) is 16.7 Å². The molecule has 1 aliphatic heterocycles. The van der Waals surface area contributed by atoms with E-state index in [2.05, 4.69) is 17.4 Å². The summed E-state index contributed by atoms with van der Waals surface area (Å²) in [6.07, 6.45) is -0.344. The van der Waals surface area contributed by atoms with Crippen molar-refractivity contribution in [3.63, 3.8) is 0 Å². The third-order valence-electron chi connectivity index (χ3n) is 6.49. The lowest BCUT2D eigenvalue weighted by Crippen LogP contribution is -2.55. The number of aliphatic carboxylic acids is 1. The Morgan fingerprint density at radius 1 is 1.09 bits per heavy atom. The van der Waals surface area contributed by atoms with Gasteiger partial charge >= 0.3 is 12.1 Å². The molecule has 0 aromatic heterocycles. The molecule has 2 aromatic carbocycles. The number of amides is 2. The number of carboxylic acid groups (broad SMARTS) is 1. The Kier molecular flexibility index (Phi) is 7.16. The van der Waals surface area contributed by atoms with Crippen LogP contribution in [0, 0.1) is 5.92 Å². The fourth-order valence-corrected chi connectivity index (χ4v) is 6.29. The number of carbonyl (C=O) groups is 3. The molecule has 8 heteroatoms. The molecule has 2 aromatic rings. The van der Waals surface area contributed by atoms with Gasteiger partial charge in [-0.3, -0.25) is 4.79 Å². The van der Waals surface area contributed by atoms with Crippen LogP contribution < -0.4 is 5.32 Å². The number of hydrogen-bond donors (Lipinski definition) is 2. The Hall–Kier alpha value is -3.00. The van der Waals surface area contributed by atoms with Crippen LogP contribution in [0.2, 0.25) is 0 Å². The van der Waals surface area contributed by atoms with Gasteiger partial charge in [-0.05, 0) is 34.6 Å². The molecule has 180 valence electrons. The third kappa shape index (κ3) is 4.51. The Labute approximate surface area is 203 Å². The molecule has 1 fully saturated rings. The fraction of sp³-hybridized carbons (Fsp3) is 0.423. The first-order valence-corrected chi connectivity index (χ1v) is 12.7. The van der Waals surface area contributed by atoms with E-state index in [1.54, 1.807) is 6.92 Å². The predicted octanol–water partition coefficient (Wildman–Crippen LogP) is 4.31. The molecule has 3 unspecified atom stereocenters. The van der Waals surface area contributed by atoms with Crippen molar-refractivity contribution in [3.8, 4) is 11.1 Å². The molecule has 4 rings (SSSR count). The van der Waals surface area contributed by atoms with E-state index in [-0.39, 0.29) is 29.7 Å². The van der Waals surface area contributed by atoms with Crippen LogP contribution in [-0.2, 0) is 14.3 Å². The van der Waals surface area contributed by atoms with Gasteiger partial charge < -0.3 is 20.1 Å². The molecular weight excluding hydrogens is 452 g/mol. The number of rotatable bonds is 7. The quantitative estimate of drug-likeness (QED) is 0.610. The van der Waals surface area contributed by atoms with E-state index in [0.29, 0.717) is 12.2 Å². The first-order valence-electron chi connectivity index (χ1n) is 11.6. The molecule has 1 heterocycles. The number of ether oxygens (including phenoxy) is 1. The highest BCUT2D eigenvalue weighted by Crippen LogP contribution is 2.44. The number of thioether (sulfide) groups is 1. The Balaban J connectivity index is 1.44. The number of alkyl carbamates (subject to hydrolysis) is 1. The minimum absolute atomic E-state index is 0.0781. The van der Waals surface area contributed by atoms with Crippen LogP contribution in [0.25, 0.3) is 11.1 Å². The van der Waals surface area contributed by atoms with Crippen molar-refractivity contribution in [2.75, 3.05) is 12.4 Å². The van der Waals surface area contributed by atoms with Crippen LogP contribution in [0.3, 0.4) is 0 Å². The summed E-state index contributed by atoms with van der Waals surface area (Å²) in [5.41, 5.74) is 4.50. The number of benzene rings is 2. The number of carbonyl (C=O) groups excluding carboxylic acids is 2. The van der Waals surface area contributed by atoms with Crippen LogP contribution in [0.15, 0.2) is 48.5 Å². The smallest absolute Gasteiger partial charge is 0.407 e. The number of hydrogen-bond acceptors (Lipinski definition) is 5. The van der Waals surface area contributed by atoms with Crippen molar-refractivity contribution in [1.29, 1.82) is 0 Å². The molecule has 0 spiro atoms. The van der Waals surface area contributed by atoms with Gasteiger partial charge in [0.05, 0.1) is 5.37 Å². The van der Waals surface area contributed by atoms with Gasteiger partial charge in [-0.1, -0.05) is 69.3 Å². The summed E-state index contributed by atoms with van der Waals surface area (Å²) in [4.78, 5) is 39.2. The molecule has 2 N–H and O–H groups in total. The van der Waals surface area contributed by atoms with Gasteiger partial charge in [0.1, 0.15) is 18.7 Å². The minimum Gasteiger partial charge on any atom is -0.480 e. The van der Waals surface area contributed by atoms with Gasteiger partial charge in [0, 0.05) is 11.7 Å². The molecule has 0 radical (unpaired) electrons. The van der Waals surface area contributed by atoms with Gasteiger partial charge in [-0.2, -0.15) is 0 Å². The number of fused-ring (bicyclic) bond motifs is 3. The molecule has 7 nitrogen and oxygen atoms in total. The van der Waals surface area contributed by atoms with Gasteiger partial charge in [-0.15, -0.1) is 11.8 Å². The molecule has 1 saturated heterocycles. The predicted molar refractivity (Wildman–Crippen MR) is 132 cm³/mol. The summed E-state index contributed by atoms with van der Waals surface area (Å²) in [7, 11) is 0. The van der Waals surface area contributed by atoms with Gasteiger partial charge in [0.15, 0.2) is 0 Å². The maximum absolute atomic E-state index is 13.3. The monoisotopic (exact) mass is 482 g/mol. The van der Waals surface area contributed by atoms with Crippen molar-refractivity contribution in [3.05, 3.63) is 59.7 Å². The normalized spacial score (nSPS) is 20.1. The molecule has 2 amide bonds. The summed E-state index contributed by atoms with van der Waals surface area (Å²) in [6, 6.07) is 14.4. The van der Waals surface area contributed by atoms with Crippen molar-refractivity contribution in [1.82, 2.24) is 10.2 Å². The maximum Gasteiger partial charge on any atom is 0.407 e. The molecule has 3 atom stereocenters. The van der Waals surface area contributed by atoms with Crippen LogP contribution in [0.4, 0.5) is 4.79 Å². The lowest BCUT2D eigenvalue weighted by atomic mass is 9.98. The fourth-order valence-electron chi connectivity index (χ4n) is 4.81. The molecule has 34 heavy (non-hydrogen) atoms. The van der Waals surface area contributed by atoms with Crippen molar-refractivity contribution >= 4 is 29.7 Å². The molecule has 2 aliphatic rings. The minimum atomic E-state index is -1.03. The summed E-state index contributed by atoms with van der Waals surface area (Å²) in [5, 5.41) is 12.1. The number of nitrogens with one attached hydrogen (secondary N) is 1. The molecule has 0 saturated carbocycles. The van der Waals surface area contributed by atoms with Gasteiger partial charge in [0.2, 0.25) is 5.91 Å². The van der Waals surface area contributed by atoms with Crippen molar-refractivity contribution < 1.29 is 24.2 Å². The molecule has 1 aliphatic carbocycles. The maximum atomic E-state index is 13.3. The third-order valence-corrected chi connectivity index (χ3v) is 8.11. The first-order chi connectivity index (χ1) is 16.3. The van der Waals surface area contributed by atoms with Crippen LogP contribution in [0.5, 0.6) is 0 Å². The first kappa shape index (κ1) is 24.1. The highest BCUT2D eigenvalue weighted by Gasteiger charge is 2.44. The van der Waals surface area contributed by atoms with Crippen LogP contribution >= 0.6 is 11.8 Å². The summed E-state index contributed by atoms with van der Waals surface area (Å²) >= 11 is 1.46. The summed E-state index contributed by atoms with van der Waals surface area (Å²) in [6.45, 7) is 5.86. The molecular formula is C26H30N2O5S. The summed E-state index contributed by atoms with van der Waals surface area (Å²) in [5.74, 6) is -1.06. The van der Waals surface area contributed by atoms with Crippen molar-refractivity contribution in [2.45, 2.75) is 50.6 Å². The van der Waals surface area contributed by atoms with E-state index >= 15 is 0 Å². The summed E-state index contributed by atoms with van der Waals surface area (Å²) < 4.78 is 5.59. The number of nitrogens with zero attached hydrogens (tertiary/aromatic N) is 1. The topological polar surface area (TPSA) is 95.9 Å². The second-order valence-corrected chi connectivity index (χ2v) is 10.1. The van der Waals surface area contributed by atoms with E-state index < -0.39 is 24.1 Å². The zero-order chi connectivity index (χ0) is 24.4. The van der Waals surface area contributed by atoms with E-state index in [0.717, 1.165) is 22.3 Å². The SMILES string of the molecule is CCC(NC(=O)OCC1c2ccccc2-c2ccccc21)C(=O)N1C(C(=O)O)CSC1C(C)C. The largest absolute Gasteiger partial charge is 0.480 e. The van der Waals surface area contributed by atoms with Gasteiger partial charge in [0.25, 0.3) is 0 Å². The highest BCUT2D eigenvalue weighted by molar-refractivity contribution is 8.00. The van der Waals surface area contributed by atoms with Gasteiger partial charge in [-0.25, -0.2) is 9.59 Å². The Bertz CT molecular complexity index is 1040. The second kappa shape index (κ2) is 10.1. The Morgan fingerprint density at radius 3 is 2.21 bits per heavy atom. The van der Waals surface area contributed by atoms with Crippen LogP contribution in [0.1, 0.15) is 44.2 Å². The van der Waals surface area contributed by atoms with E-state index in [9.17, 15) is 19.5 Å². The lowest BCUT2D eigenvalue weighted by Gasteiger charge is -2.32. The Morgan fingerprint density at radius 2 is 1.68 bits per heavy atom. The highest BCUT2D eigenvalue weighted by atomic mass is 32.2. The number of carboxylic acids is 1. The average Bonchev–Trinajstić information content (AvgIpc) is 3.41. The standard InChI is InChI=1S/C26H30N2O5S/c1-4-21(23(29)28-22(25(30)31)14-34-24(28)15(2)3)27-26(32)33-13-20-18-11-7-5-9-16(18)17-10-6-8-12-19(17)20/h5-12,15,20-22,24H,4,13-14H2,1-3H3,(H,27,32)(H,30,31). The molecule has 0 bridgehead atoms.